The fraction of sp³-hybridized carbons (Fsp3) is 0.857. The Morgan fingerprint density at radius 2 is 2.45 bits per heavy atom. The summed E-state index contributed by atoms with van der Waals surface area (Å²) in [5.74, 6) is -0.434. The monoisotopic (exact) mass is 159 g/mol. The van der Waals surface area contributed by atoms with E-state index in [0.29, 0.717) is 6.61 Å². The highest BCUT2D eigenvalue weighted by atomic mass is 16.5. The van der Waals surface area contributed by atoms with Gasteiger partial charge < -0.3 is 15.2 Å². The Kier molecular flexibility index (Phi) is 2.84. The van der Waals surface area contributed by atoms with E-state index >= 15 is 0 Å². The quantitative estimate of drug-likeness (QED) is 0.600. The van der Waals surface area contributed by atoms with Crippen molar-refractivity contribution in [3.63, 3.8) is 0 Å². The van der Waals surface area contributed by atoms with Crippen molar-refractivity contribution in [1.29, 1.82) is 0 Å². The largest absolute Gasteiger partial charge is 0.378 e. The second-order valence-electron chi connectivity index (χ2n) is 2.61. The van der Waals surface area contributed by atoms with Crippen LogP contribution in [0.5, 0.6) is 0 Å². The Morgan fingerprint density at radius 1 is 1.73 bits per heavy atom. The van der Waals surface area contributed by atoms with Crippen molar-refractivity contribution in [3.8, 4) is 0 Å². The van der Waals surface area contributed by atoms with E-state index in [2.05, 4.69) is 0 Å². The van der Waals surface area contributed by atoms with Crippen molar-refractivity contribution in [2.75, 3.05) is 13.7 Å². The summed E-state index contributed by atoms with van der Waals surface area (Å²) >= 11 is 0. The van der Waals surface area contributed by atoms with Gasteiger partial charge in [-0.25, -0.2) is 0 Å². The van der Waals surface area contributed by atoms with Crippen molar-refractivity contribution in [3.05, 3.63) is 0 Å². The van der Waals surface area contributed by atoms with Crippen molar-refractivity contribution in [2.45, 2.75) is 25.0 Å². The van der Waals surface area contributed by atoms with Crippen LogP contribution in [0.15, 0.2) is 0 Å². The van der Waals surface area contributed by atoms with Crippen LogP contribution in [0.1, 0.15) is 12.8 Å². The molecule has 1 saturated heterocycles. The van der Waals surface area contributed by atoms with Crippen LogP contribution in [0.25, 0.3) is 0 Å². The zero-order valence-corrected chi connectivity index (χ0v) is 6.58. The van der Waals surface area contributed by atoms with Crippen LogP contribution < -0.4 is 5.73 Å². The van der Waals surface area contributed by atoms with Crippen molar-refractivity contribution >= 4 is 5.91 Å². The van der Waals surface area contributed by atoms with Crippen molar-refractivity contribution < 1.29 is 14.3 Å². The summed E-state index contributed by atoms with van der Waals surface area (Å²) in [6, 6.07) is 0. The van der Waals surface area contributed by atoms with Gasteiger partial charge in [-0.3, -0.25) is 4.79 Å². The predicted molar refractivity (Wildman–Crippen MR) is 39.0 cm³/mol. The molecule has 1 aliphatic heterocycles. The SMILES string of the molecule is COC1CCCOC1C(N)=O. The molecule has 1 rings (SSSR count). The highest BCUT2D eigenvalue weighted by molar-refractivity contribution is 5.79. The van der Waals surface area contributed by atoms with Gasteiger partial charge in [0, 0.05) is 13.7 Å². The maximum Gasteiger partial charge on any atom is 0.249 e. The first-order valence-corrected chi connectivity index (χ1v) is 3.69. The van der Waals surface area contributed by atoms with Crippen LogP contribution in [0.2, 0.25) is 0 Å². The molecule has 0 aromatic rings. The molecular formula is C7H13NO3. The molecule has 0 aromatic carbocycles. The maximum absolute atomic E-state index is 10.7. The summed E-state index contributed by atoms with van der Waals surface area (Å²) in [6.07, 6.45) is 1.09. The van der Waals surface area contributed by atoms with Gasteiger partial charge in [0.05, 0.1) is 6.10 Å². The van der Waals surface area contributed by atoms with Crippen LogP contribution >= 0.6 is 0 Å². The fourth-order valence-electron chi connectivity index (χ4n) is 1.26. The molecule has 1 heterocycles. The summed E-state index contributed by atoms with van der Waals surface area (Å²) in [5.41, 5.74) is 5.09. The van der Waals surface area contributed by atoms with E-state index in [-0.39, 0.29) is 6.10 Å². The number of ether oxygens (including phenoxy) is 2. The van der Waals surface area contributed by atoms with E-state index in [0.717, 1.165) is 12.8 Å². The first-order chi connectivity index (χ1) is 5.25. The summed E-state index contributed by atoms with van der Waals surface area (Å²) in [6.45, 7) is 0.605. The molecule has 0 aromatic heterocycles. The Balaban J connectivity index is 2.51. The van der Waals surface area contributed by atoms with Gasteiger partial charge in [0.15, 0.2) is 6.10 Å². The molecular weight excluding hydrogens is 146 g/mol. The van der Waals surface area contributed by atoms with E-state index < -0.39 is 12.0 Å². The van der Waals surface area contributed by atoms with Gasteiger partial charge in [-0.15, -0.1) is 0 Å². The lowest BCUT2D eigenvalue weighted by Crippen LogP contribution is -2.44. The zero-order valence-electron chi connectivity index (χ0n) is 6.58. The summed E-state index contributed by atoms with van der Waals surface area (Å²) in [7, 11) is 1.56. The highest BCUT2D eigenvalue weighted by Gasteiger charge is 2.30. The molecule has 0 saturated carbocycles. The van der Waals surface area contributed by atoms with Crippen LogP contribution in [0, 0.1) is 0 Å². The van der Waals surface area contributed by atoms with Gasteiger partial charge in [-0.05, 0) is 12.8 Å². The second-order valence-corrected chi connectivity index (χ2v) is 2.61. The minimum atomic E-state index is -0.547. The first kappa shape index (κ1) is 8.49. The van der Waals surface area contributed by atoms with Crippen LogP contribution in [0.4, 0.5) is 0 Å². The molecule has 4 nitrogen and oxygen atoms in total. The highest BCUT2D eigenvalue weighted by Crippen LogP contribution is 2.15. The average molecular weight is 159 g/mol. The number of hydrogen-bond acceptors (Lipinski definition) is 3. The van der Waals surface area contributed by atoms with Gasteiger partial charge in [0.1, 0.15) is 0 Å². The number of hydrogen-bond donors (Lipinski definition) is 1. The fourth-order valence-corrected chi connectivity index (χ4v) is 1.26. The second kappa shape index (κ2) is 3.69. The maximum atomic E-state index is 10.7. The number of nitrogens with two attached hydrogens (primary N) is 1. The van der Waals surface area contributed by atoms with Gasteiger partial charge in [0.25, 0.3) is 0 Å². The number of carbonyl (C=O) groups excluding carboxylic acids is 1. The first-order valence-electron chi connectivity index (χ1n) is 3.69. The van der Waals surface area contributed by atoms with E-state index in [9.17, 15) is 4.79 Å². The lowest BCUT2D eigenvalue weighted by Gasteiger charge is -2.27. The van der Waals surface area contributed by atoms with Crippen LogP contribution in [-0.4, -0.2) is 31.8 Å². The van der Waals surface area contributed by atoms with Gasteiger partial charge in [-0.1, -0.05) is 0 Å². The third kappa shape index (κ3) is 1.91. The number of methoxy groups -OCH3 is 1. The lowest BCUT2D eigenvalue weighted by molar-refractivity contribution is -0.146. The molecule has 1 aliphatic rings. The van der Waals surface area contributed by atoms with Crippen molar-refractivity contribution in [2.24, 2.45) is 5.73 Å². The molecule has 64 valence electrons. The standard InChI is InChI=1S/C7H13NO3/c1-10-5-3-2-4-11-6(5)7(8)9/h5-6H,2-4H2,1H3,(H2,8,9). The Hall–Kier alpha value is -0.610. The summed E-state index contributed by atoms with van der Waals surface area (Å²) in [4.78, 5) is 10.7. The molecule has 11 heavy (non-hydrogen) atoms. The normalized spacial score (nSPS) is 31.7. The smallest absolute Gasteiger partial charge is 0.249 e. The van der Waals surface area contributed by atoms with Gasteiger partial charge in [0.2, 0.25) is 5.91 Å². The predicted octanol–water partition coefficient (Wildman–Crippen LogP) is -0.334. The molecule has 0 radical (unpaired) electrons. The molecule has 0 aliphatic carbocycles. The zero-order chi connectivity index (χ0) is 8.27. The molecule has 1 amide bonds. The summed E-state index contributed by atoms with van der Waals surface area (Å²) < 4.78 is 10.2. The van der Waals surface area contributed by atoms with Gasteiger partial charge in [-0.2, -0.15) is 0 Å². The molecule has 2 atom stereocenters. The van der Waals surface area contributed by atoms with Crippen LogP contribution in [-0.2, 0) is 14.3 Å². The molecule has 0 bridgehead atoms. The van der Waals surface area contributed by atoms with Gasteiger partial charge >= 0.3 is 0 Å². The topological polar surface area (TPSA) is 61.6 Å². The Bertz CT molecular complexity index is 149. The Labute approximate surface area is 65.7 Å². The lowest BCUT2D eigenvalue weighted by atomic mass is 10.1. The molecule has 1 fully saturated rings. The minimum Gasteiger partial charge on any atom is -0.378 e. The minimum absolute atomic E-state index is 0.152. The molecule has 2 unspecified atom stereocenters. The third-order valence-electron chi connectivity index (χ3n) is 1.85. The third-order valence-corrected chi connectivity index (χ3v) is 1.85. The van der Waals surface area contributed by atoms with E-state index in [4.69, 9.17) is 15.2 Å². The van der Waals surface area contributed by atoms with E-state index in [1.54, 1.807) is 7.11 Å². The number of rotatable bonds is 2. The molecule has 0 spiro atoms. The number of primary amides is 1. The Morgan fingerprint density at radius 3 is 2.91 bits per heavy atom. The van der Waals surface area contributed by atoms with E-state index in [1.165, 1.54) is 0 Å². The molecule has 2 N–H and O–H groups in total. The van der Waals surface area contributed by atoms with Crippen LogP contribution in [0.3, 0.4) is 0 Å². The summed E-state index contributed by atoms with van der Waals surface area (Å²) in [5, 5.41) is 0. The average Bonchev–Trinajstić information content (AvgIpc) is 2.04. The van der Waals surface area contributed by atoms with Crippen molar-refractivity contribution in [1.82, 2.24) is 0 Å². The number of amides is 1. The van der Waals surface area contributed by atoms with E-state index in [1.807, 2.05) is 0 Å². The molecule has 4 heteroatoms. The number of carbonyl (C=O) groups is 1.